The molecule has 3 heterocycles. The Balaban J connectivity index is 1.38. The van der Waals surface area contributed by atoms with E-state index in [0.717, 1.165) is 62.6 Å². The number of carbonyl (C=O) groups is 1. The Kier molecular flexibility index (Phi) is 9.06. The van der Waals surface area contributed by atoms with Gasteiger partial charge in [-0.15, -0.1) is 0 Å². The summed E-state index contributed by atoms with van der Waals surface area (Å²) >= 11 is 0. The zero-order valence-electron chi connectivity index (χ0n) is 25.4. The van der Waals surface area contributed by atoms with Crippen LogP contribution in [0.4, 0.5) is 4.39 Å². The molecule has 1 aliphatic heterocycles. The van der Waals surface area contributed by atoms with Crippen LogP contribution in [0.15, 0.2) is 42.9 Å². The predicted molar refractivity (Wildman–Crippen MR) is 165 cm³/mol. The molecule has 2 aliphatic rings. The maximum Gasteiger partial charge on any atom is 0.256 e. The molecule has 3 aromatic rings. The summed E-state index contributed by atoms with van der Waals surface area (Å²) < 4.78 is 42.6. The van der Waals surface area contributed by atoms with Gasteiger partial charge in [-0.05, 0) is 108 Å². The molecule has 1 aromatic carbocycles. The Labute approximate surface area is 249 Å². The van der Waals surface area contributed by atoms with E-state index in [1.165, 1.54) is 24.0 Å². The van der Waals surface area contributed by atoms with Gasteiger partial charge in [0.25, 0.3) is 5.91 Å². The van der Waals surface area contributed by atoms with Gasteiger partial charge in [0, 0.05) is 49.0 Å². The monoisotopic (exact) mass is 597 g/mol. The molecule has 1 unspecified atom stereocenters. The molecule has 42 heavy (non-hydrogen) atoms. The van der Waals surface area contributed by atoms with E-state index in [-0.39, 0.29) is 24.0 Å². The molecule has 1 atom stereocenters. The van der Waals surface area contributed by atoms with E-state index < -0.39 is 15.8 Å². The van der Waals surface area contributed by atoms with Gasteiger partial charge in [-0.2, -0.15) is 0 Å². The molecule has 1 amide bonds. The number of hydrogen-bond acceptors (Lipinski definition) is 5. The van der Waals surface area contributed by atoms with Crippen LogP contribution in [-0.4, -0.2) is 77.7 Å². The number of sulfonamides is 1. The van der Waals surface area contributed by atoms with Gasteiger partial charge in [-0.3, -0.25) is 9.78 Å². The smallest absolute Gasteiger partial charge is 0.256 e. The number of rotatable bonds is 9. The highest BCUT2D eigenvalue weighted by Gasteiger charge is 2.31. The van der Waals surface area contributed by atoms with Gasteiger partial charge in [0.1, 0.15) is 5.82 Å². The van der Waals surface area contributed by atoms with E-state index in [9.17, 15) is 17.6 Å². The summed E-state index contributed by atoms with van der Waals surface area (Å²) in [7, 11) is -3.17. The van der Waals surface area contributed by atoms with Crippen molar-refractivity contribution in [3.05, 3.63) is 59.8 Å². The number of aromatic nitrogens is 2. The minimum absolute atomic E-state index is 0.0253. The topological polar surface area (TPSA) is 87.5 Å². The highest BCUT2D eigenvalue weighted by atomic mass is 32.2. The molecular weight excluding hydrogens is 553 g/mol. The lowest BCUT2D eigenvalue weighted by Crippen LogP contribution is -2.42. The van der Waals surface area contributed by atoms with Crippen LogP contribution in [0.2, 0.25) is 0 Å². The number of fused-ring (bicyclic) bond motifs is 1. The third kappa shape index (κ3) is 6.71. The Morgan fingerprint density at radius 3 is 2.48 bits per heavy atom. The van der Waals surface area contributed by atoms with Crippen LogP contribution < -0.4 is 4.72 Å². The minimum atomic E-state index is -3.17. The Hall–Kier alpha value is -2.82. The third-order valence-corrected chi connectivity index (χ3v) is 9.65. The SMILES string of the molecule is CC(C)N(C(=O)c1cc(F)ccc1-n1cc(C2CCN(C[C@H]3CC[C@H](NS(C)(=O)=O)CC3)C2)c2ccncc21)C(C)C. The van der Waals surface area contributed by atoms with Crippen molar-refractivity contribution < 1.29 is 17.6 Å². The van der Waals surface area contributed by atoms with Gasteiger partial charge in [0.15, 0.2) is 0 Å². The van der Waals surface area contributed by atoms with Crippen molar-refractivity contribution in [2.24, 2.45) is 5.92 Å². The second kappa shape index (κ2) is 12.4. The maximum absolute atomic E-state index is 14.6. The molecule has 228 valence electrons. The summed E-state index contributed by atoms with van der Waals surface area (Å²) in [5, 5.41) is 1.11. The molecule has 0 radical (unpaired) electrons. The summed E-state index contributed by atoms with van der Waals surface area (Å²) in [6.07, 6.45) is 11.9. The van der Waals surface area contributed by atoms with Crippen LogP contribution in [0.1, 0.15) is 81.6 Å². The Morgan fingerprint density at radius 1 is 1.10 bits per heavy atom. The number of hydrogen-bond donors (Lipinski definition) is 1. The molecule has 0 spiro atoms. The highest BCUT2D eigenvalue weighted by Crippen LogP contribution is 2.37. The van der Waals surface area contributed by atoms with Gasteiger partial charge in [-0.1, -0.05) is 0 Å². The number of benzene rings is 1. The van der Waals surface area contributed by atoms with E-state index in [0.29, 0.717) is 23.1 Å². The molecule has 2 fully saturated rings. The molecule has 1 N–H and O–H groups in total. The van der Waals surface area contributed by atoms with Gasteiger partial charge < -0.3 is 14.4 Å². The van der Waals surface area contributed by atoms with E-state index in [2.05, 4.69) is 20.8 Å². The zero-order chi connectivity index (χ0) is 30.2. The second-order valence-corrected chi connectivity index (χ2v) is 14.5. The van der Waals surface area contributed by atoms with Crippen LogP contribution in [0.5, 0.6) is 0 Å². The minimum Gasteiger partial charge on any atom is -0.334 e. The van der Waals surface area contributed by atoms with Crippen molar-refractivity contribution in [3.8, 4) is 5.69 Å². The van der Waals surface area contributed by atoms with Gasteiger partial charge in [0.05, 0.1) is 29.2 Å². The number of likely N-dealkylation sites (tertiary alicyclic amines) is 1. The van der Waals surface area contributed by atoms with Crippen molar-refractivity contribution in [2.45, 2.75) is 83.8 Å². The molecule has 1 saturated carbocycles. The molecule has 5 rings (SSSR count). The van der Waals surface area contributed by atoms with Crippen LogP contribution in [0.3, 0.4) is 0 Å². The first kappa shape index (κ1) is 30.6. The largest absolute Gasteiger partial charge is 0.334 e. The van der Waals surface area contributed by atoms with E-state index in [4.69, 9.17) is 0 Å². The average molecular weight is 598 g/mol. The fraction of sp³-hybridized carbons (Fsp3) is 0.562. The average Bonchev–Trinajstić information content (AvgIpc) is 3.53. The quantitative estimate of drug-likeness (QED) is 0.361. The van der Waals surface area contributed by atoms with Crippen LogP contribution in [0, 0.1) is 11.7 Å². The van der Waals surface area contributed by atoms with E-state index in [1.54, 1.807) is 11.0 Å². The standard InChI is InChI=1S/C32H44FN5O3S/c1-21(2)38(22(3)4)32(39)28-16-25(33)8-11-30(28)37-20-29(27-12-14-34-17-31(27)37)24-13-15-36(19-24)18-23-6-9-26(10-7-23)35-42(5,40)41/h8,11-12,14,16-17,20-24,26,35H,6-7,9-10,13,15,18-19H2,1-5H3/t23-,24?,26-. The zero-order valence-corrected chi connectivity index (χ0v) is 26.2. The summed E-state index contributed by atoms with van der Waals surface area (Å²) in [5.74, 6) is 0.290. The summed E-state index contributed by atoms with van der Waals surface area (Å²) in [6.45, 7) is 10.9. The molecule has 2 aromatic heterocycles. The normalized spacial score (nSPS) is 22.0. The number of pyridine rings is 1. The molecule has 1 saturated heterocycles. The molecule has 10 heteroatoms. The van der Waals surface area contributed by atoms with Crippen LogP contribution >= 0.6 is 0 Å². The first-order valence-corrected chi connectivity index (χ1v) is 17.1. The van der Waals surface area contributed by atoms with Gasteiger partial charge in [-0.25, -0.2) is 17.5 Å². The summed E-state index contributed by atoms with van der Waals surface area (Å²) in [6, 6.07) is 6.52. The fourth-order valence-electron chi connectivity index (χ4n) is 7.10. The first-order valence-electron chi connectivity index (χ1n) is 15.2. The first-order chi connectivity index (χ1) is 19.9. The number of nitrogens with one attached hydrogen (secondary N) is 1. The number of amides is 1. The molecule has 8 nitrogen and oxygen atoms in total. The van der Waals surface area contributed by atoms with Crippen molar-refractivity contribution in [1.82, 2.24) is 24.1 Å². The molecular formula is C32H44FN5O3S. The number of nitrogens with zero attached hydrogens (tertiary/aromatic N) is 4. The van der Waals surface area contributed by atoms with Crippen molar-refractivity contribution >= 4 is 26.8 Å². The van der Waals surface area contributed by atoms with Crippen molar-refractivity contribution in [3.63, 3.8) is 0 Å². The molecule has 1 aliphatic carbocycles. The Bertz CT molecular complexity index is 1520. The molecule has 0 bridgehead atoms. The highest BCUT2D eigenvalue weighted by molar-refractivity contribution is 7.88. The second-order valence-electron chi connectivity index (χ2n) is 12.8. The maximum atomic E-state index is 14.6. The van der Waals surface area contributed by atoms with Gasteiger partial charge >= 0.3 is 0 Å². The Morgan fingerprint density at radius 2 is 1.81 bits per heavy atom. The van der Waals surface area contributed by atoms with Gasteiger partial charge in [0.2, 0.25) is 10.0 Å². The lowest BCUT2D eigenvalue weighted by Gasteiger charge is -2.31. The van der Waals surface area contributed by atoms with E-state index in [1.807, 2.05) is 50.7 Å². The number of halogens is 1. The van der Waals surface area contributed by atoms with Crippen molar-refractivity contribution in [1.29, 1.82) is 0 Å². The lowest BCUT2D eigenvalue weighted by molar-refractivity contribution is 0.0643. The van der Waals surface area contributed by atoms with Crippen molar-refractivity contribution in [2.75, 3.05) is 25.9 Å². The van der Waals surface area contributed by atoms with Crippen LogP contribution in [0.25, 0.3) is 16.6 Å². The lowest BCUT2D eigenvalue weighted by atomic mass is 9.86. The predicted octanol–water partition coefficient (Wildman–Crippen LogP) is 5.32. The van der Waals surface area contributed by atoms with Crippen LogP contribution in [-0.2, 0) is 10.0 Å². The summed E-state index contributed by atoms with van der Waals surface area (Å²) in [5.41, 5.74) is 3.14. The summed E-state index contributed by atoms with van der Waals surface area (Å²) in [4.78, 5) is 22.5. The number of carbonyl (C=O) groups excluding carboxylic acids is 1. The van der Waals surface area contributed by atoms with E-state index >= 15 is 0 Å². The fourth-order valence-corrected chi connectivity index (χ4v) is 7.94. The third-order valence-electron chi connectivity index (χ3n) is 8.89.